The number of carbonyl (C=O) groups excluding carboxylic acids is 1. The van der Waals surface area contributed by atoms with E-state index in [1.807, 2.05) is 6.07 Å². The van der Waals surface area contributed by atoms with Gasteiger partial charge in [0.05, 0.1) is 35.0 Å². The summed E-state index contributed by atoms with van der Waals surface area (Å²) >= 11 is 13.2. The van der Waals surface area contributed by atoms with Crippen molar-refractivity contribution in [2.45, 2.75) is 0 Å². The minimum Gasteiger partial charge on any atom is -0.493 e. The number of amides is 1. The zero-order valence-electron chi connectivity index (χ0n) is 12.7. The molecule has 1 amide bonds. The molecule has 24 heavy (non-hydrogen) atoms. The molecule has 0 bridgehead atoms. The van der Waals surface area contributed by atoms with Gasteiger partial charge in [0, 0.05) is 17.2 Å². The number of thiazole rings is 1. The first kappa shape index (κ1) is 16.8. The fourth-order valence-corrected chi connectivity index (χ4v) is 3.51. The van der Waals surface area contributed by atoms with E-state index in [1.165, 1.54) is 17.4 Å². The Bertz CT molecular complexity index is 886. The Morgan fingerprint density at radius 3 is 2.50 bits per heavy atom. The van der Waals surface area contributed by atoms with Crippen molar-refractivity contribution in [1.29, 1.82) is 0 Å². The zero-order valence-corrected chi connectivity index (χ0v) is 15.1. The van der Waals surface area contributed by atoms with Crippen molar-refractivity contribution in [3.63, 3.8) is 0 Å². The number of anilines is 1. The van der Waals surface area contributed by atoms with Crippen LogP contribution in [0.3, 0.4) is 0 Å². The number of hydrogen-bond acceptors (Lipinski definition) is 5. The van der Waals surface area contributed by atoms with Crippen LogP contribution >= 0.6 is 34.5 Å². The molecule has 0 aliphatic heterocycles. The Labute approximate surface area is 152 Å². The second kappa shape index (κ2) is 6.84. The number of halogens is 2. The minimum absolute atomic E-state index is 0.282. The van der Waals surface area contributed by atoms with Crippen molar-refractivity contribution in [2.24, 2.45) is 0 Å². The van der Waals surface area contributed by atoms with E-state index in [9.17, 15) is 4.79 Å². The van der Waals surface area contributed by atoms with Crippen LogP contribution in [0.1, 0.15) is 10.4 Å². The summed E-state index contributed by atoms with van der Waals surface area (Å²) in [7, 11) is 3.12. The van der Waals surface area contributed by atoms with E-state index >= 15 is 0 Å². The smallest absolute Gasteiger partial charge is 0.258 e. The van der Waals surface area contributed by atoms with Gasteiger partial charge in [-0.25, -0.2) is 4.98 Å². The molecule has 0 fully saturated rings. The van der Waals surface area contributed by atoms with Crippen molar-refractivity contribution in [3.8, 4) is 11.5 Å². The Hall–Kier alpha value is -2.02. The fourth-order valence-electron chi connectivity index (χ4n) is 2.15. The third-order valence-electron chi connectivity index (χ3n) is 3.29. The molecule has 1 heterocycles. The van der Waals surface area contributed by atoms with Crippen molar-refractivity contribution in [3.05, 3.63) is 45.9 Å². The number of methoxy groups -OCH3 is 2. The Morgan fingerprint density at radius 1 is 1.12 bits per heavy atom. The number of hydrogen-bond donors (Lipinski definition) is 1. The van der Waals surface area contributed by atoms with Crippen LogP contribution < -0.4 is 14.8 Å². The van der Waals surface area contributed by atoms with Gasteiger partial charge in [-0.2, -0.15) is 0 Å². The summed E-state index contributed by atoms with van der Waals surface area (Å²) in [5, 5.41) is 3.95. The highest BCUT2D eigenvalue weighted by molar-refractivity contribution is 7.22. The van der Waals surface area contributed by atoms with Gasteiger partial charge >= 0.3 is 0 Å². The number of aromatic nitrogens is 1. The first-order valence-corrected chi connectivity index (χ1v) is 8.38. The predicted octanol–water partition coefficient (Wildman–Crippen LogP) is 4.87. The number of carbonyl (C=O) groups is 1. The van der Waals surface area contributed by atoms with Crippen LogP contribution in [0.4, 0.5) is 5.13 Å². The molecule has 5 nitrogen and oxygen atoms in total. The summed E-state index contributed by atoms with van der Waals surface area (Å²) in [6.07, 6.45) is 0. The van der Waals surface area contributed by atoms with E-state index < -0.39 is 0 Å². The van der Waals surface area contributed by atoms with Crippen molar-refractivity contribution in [1.82, 2.24) is 4.98 Å². The molecule has 1 N–H and O–H groups in total. The van der Waals surface area contributed by atoms with Gasteiger partial charge in [0.2, 0.25) is 0 Å². The molecule has 0 radical (unpaired) electrons. The average Bonchev–Trinajstić information content (AvgIpc) is 2.94. The lowest BCUT2D eigenvalue weighted by atomic mass is 10.2. The first-order valence-electron chi connectivity index (χ1n) is 6.81. The fraction of sp³-hybridized carbons (Fsp3) is 0.125. The van der Waals surface area contributed by atoms with Gasteiger partial charge in [-0.15, -0.1) is 0 Å². The lowest BCUT2D eigenvalue weighted by Gasteiger charge is -2.05. The van der Waals surface area contributed by atoms with Crippen molar-refractivity contribution < 1.29 is 14.3 Å². The summed E-state index contributed by atoms with van der Waals surface area (Å²) in [6.45, 7) is 0. The molecule has 0 atom stereocenters. The largest absolute Gasteiger partial charge is 0.493 e. The number of benzene rings is 2. The topological polar surface area (TPSA) is 60.5 Å². The zero-order chi connectivity index (χ0) is 17.3. The molecular formula is C16H12Cl2N2O3S. The Kier molecular flexibility index (Phi) is 4.80. The van der Waals surface area contributed by atoms with Gasteiger partial charge in [-0.05, 0) is 18.2 Å². The minimum atomic E-state index is -0.352. The molecule has 0 unspecified atom stereocenters. The standard InChI is InChI=1S/C16H12Cl2N2O3S/c1-22-12-6-11-14(7-13(12)23-2)24-16(19-11)20-15(21)9-4-3-8(17)5-10(9)18/h3-7H,1-2H3,(H,19,20,21). The van der Waals surface area contributed by atoms with Gasteiger partial charge in [-0.1, -0.05) is 34.5 Å². The number of nitrogens with one attached hydrogen (secondary N) is 1. The molecule has 3 rings (SSSR count). The Balaban J connectivity index is 1.91. The highest BCUT2D eigenvalue weighted by Gasteiger charge is 2.15. The lowest BCUT2D eigenvalue weighted by molar-refractivity contribution is 0.102. The monoisotopic (exact) mass is 382 g/mol. The number of fused-ring (bicyclic) bond motifs is 1. The molecule has 3 aromatic rings. The summed E-state index contributed by atoms with van der Waals surface area (Å²) < 4.78 is 11.4. The first-order chi connectivity index (χ1) is 11.5. The van der Waals surface area contributed by atoms with Crippen molar-refractivity contribution >= 4 is 55.8 Å². The third kappa shape index (κ3) is 3.26. The molecular weight excluding hydrogens is 371 g/mol. The number of rotatable bonds is 4. The summed E-state index contributed by atoms with van der Waals surface area (Å²) in [4.78, 5) is 16.7. The molecule has 0 aliphatic rings. The van der Waals surface area contributed by atoms with Crippen LogP contribution in [0.2, 0.25) is 10.0 Å². The van der Waals surface area contributed by atoms with E-state index in [-0.39, 0.29) is 10.9 Å². The van der Waals surface area contributed by atoms with Gasteiger partial charge in [0.1, 0.15) is 0 Å². The summed E-state index contributed by atoms with van der Waals surface area (Å²) in [5.41, 5.74) is 1.03. The molecule has 1 aromatic heterocycles. The predicted molar refractivity (Wildman–Crippen MR) is 97.1 cm³/mol. The van der Waals surface area contributed by atoms with Crippen LogP contribution in [0, 0.1) is 0 Å². The maximum atomic E-state index is 12.3. The quantitative estimate of drug-likeness (QED) is 0.698. The molecule has 0 spiro atoms. The second-order valence-corrected chi connectivity index (χ2v) is 6.65. The lowest BCUT2D eigenvalue weighted by Crippen LogP contribution is -2.12. The van der Waals surface area contributed by atoms with Crippen LogP contribution in [0.15, 0.2) is 30.3 Å². The summed E-state index contributed by atoms with van der Waals surface area (Å²) in [6, 6.07) is 8.27. The molecule has 0 aliphatic carbocycles. The van der Waals surface area contributed by atoms with E-state index in [0.717, 1.165) is 4.70 Å². The number of ether oxygens (including phenoxy) is 2. The van der Waals surface area contributed by atoms with E-state index in [1.54, 1.807) is 32.4 Å². The molecule has 8 heteroatoms. The summed E-state index contributed by atoms with van der Waals surface area (Å²) in [5.74, 6) is 0.829. The van der Waals surface area contributed by atoms with E-state index in [4.69, 9.17) is 32.7 Å². The normalized spacial score (nSPS) is 10.7. The van der Waals surface area contributed by atoms with Gasteiger partial charge < -0.3 is 9.47 Å². The Morgan fingerprint density at radius 2 is 1.83 bits per heavy atom. The van der Waals surface area contributed by atoms with E-state index in [0.29, 0.717) is 32.7 Å². The second-order valence-electron chi connectivity index (χ2n) is 4.77. The molecule has 0 saturated carbocycles. The maximum absolute atomic E-state index is 12.3. The molecule has 2 aromatic carbocycles. The average molecular weight is 383 g/mol. The van der Waals surface area contributed by atoms with Gasteiger partial charge in [0.15, 0.2) is 16.6 Å². The van der Waals surface area contributed by atoms with E-state index in [2.05, 4.69) is 10.3 Å². The highest BCUT2D eigenvalue weighted by Crippen LogP contribution is 2.36. The van der Waals surface area contributed by atoms with Crippen LogP contribution in [0.25, 0.3) is 10.2 Å². The third-order valence-corrected chi connectivity index (χ3v) is 4.77. The van der Waals surface area contributed by atoms with Gasteiger partial charge in [-0.3, -0.25) is 10.1 Å². The molecule has 0 saturated heterocycles. The maximum Gasteiger partial charge on any atom is 0.258 e. The van der Waals surface area contributed by atoms with Crippen LogP contribution in [-0.2, 0) is 0 Å². The SMILES string of the molecule is COc1cc2nc(NC(=O)c3ccc(Cl)cc3Cl)sc2cc1OC. The van der Waals surface area contributed by atoms with Gasteiger partial charge in [0.25, 0.3) is 5.91 Å². The van der Waals surface area contributed by atoms with Crippen LogP contribution in [-0.4, -0.2) is 25.1 Å². The molecule has 124 valence electrons. The highest BCUT2D eigenvalue weighted by atomic mass is 35.5. The number of nitrogens with zero attached hydrogens (tertiary/aromatic N) is 1. The van der Waals surface area contributed by atoms with Crippen molar-refractivity contribution in [2.75, 3.05) is 19.5 Å². The van der Waals surface area contributed by atoms with Crippen LogP contribution in [0.5, 0.6) is 11.5 Å².